The maximum absolute atomic E-state index is 12.8. The van der Waals surface area contributed by atoms with Gasteiger partial charge in [0.05, 0.1) is 4.88 Å². The Hall–Kier alpha value is -2.67. The van der Waals surface area contributed by atoms with Crippen molar-refractivity contribution in [3.63, 3.8) is 0 Å². The van der Waals surface area contributed by atoms with Crippen molar-refractivity contribution in [2.24, 2.45) is 5.92 Å². The molecule has 0 saturated carbocycles. The van der Waals surface area contributed by atoms with E-state index in [1.807, 2.05) is 22.4 Å². The zero-order chi connectivity index (χ0) is 21.4. The molecule has 0 aliphatic heterocycles. The molecule has 2 rings (SSSR count). The van der Waals surface area contributed by atoms with Crippen LogP contribution in [-0.2, 0) is 11.3 Å². The number of carboxylic acids is 1. The topological polar surface area (TPSA) is 86.7 Å². The van der Waals surface area contributed by atoms with Crippen LogP contribution >= 0.6 is 11.3 Å². The van der Waals surface area contributed by atoms with Gasteiger partial charge in [-0.3, -0.25) is 9.59 Å². The molecule has 2 N–H and O–H groups in total. The molecular formula is C22H28N2O4S. The molecule has 29 heavy (non-hydrogen) atoms. The molecule has 0 spiro atoms. The fourth-order valence-corrected chi connectivity index (χ4v) is 3.57. The predicted octanol–water partition coefficient (Wildman–Crippen LogP) is 4.03. The summed E-state index contributed by atoms with van der Waals surface area (Å²) in [5, 5.41) is 13.7. The van der Waals surface area contributed by atoms with Gasteiger partial charge in [0.2, 0.25) is 0 Å². The number of hydrogen-bond acceptors (Lipinski definition) is 4. The number of rotatable bonds is 10. The number of amides is 2. The van der Waals surface area contributed by atoms with E-state index in [0.29, 0.717) is 23.5 Å². The Morgan fingerprint density at radius 3 is 2.34 bits per heavy atom. The first-order chi connectivity index (χ1) is 13.8. The summed E-state index contributed by atoms with van der Waals surface area (Å²) in [5.41, 5.74) is 1.31. The third-order valence-electron chi connectivity index (χ3n) is 4.61. The number of aliphatic carboxylic acids is 1. The number of unbranched alkanes of at least 4 members (excludes halogenated alkanes) is 1. The molecule has 1 atom stereocenters. The van der Waals surface area contributed by atoms with E-state index in [2.05, 4.69) is 12.2 Å². The molecule has 0 radical (unpaired) electrons. The maximum atomic E-state index is 12.8. The van der Waals surface area contributed by atoms with Crippen LogP contribution < -0.4 is 5.32 Å². The number of thiophene rings is 1. The lowest BCUT2D eigenvalue weighted by Gasteiger charge is -2.22. The molecule has 0 saturated heterocycles. The number of benzene rings is 1. The molecule has 1 heterocycles. The molecule has 1 aromatic heterocycles. The highest BCUT2D eigenvalue weighted by atomic mass is 32.1. The Bertz CT molecular complexity index is 816. The molecule has 2 amide bonds. The van der Waals surface area contributed by atoms with Crippen LogP contribution in [0.5, 0.6) is 0 Å². The van der Waals surface area contributed by atoms with Crippen LogP contribution in [0.2, 0.25) is 0 Å². The van der Waals surface area contributed by atoms with Crippen molar-refractivity contribution >= 4 is 29.1 Å². The highest BCUT2D eigenvalue weighted by molar-refractivity contribution is 7.12. The van der Waals surface area contributed by atoms with Crippen LogP contribution in [0.25, 0.3) is 0 Å². The van der Waals surface area contributed by atoms with E-state index >= 15 is 0 Å². The third-order valence-corrected chi connectivity index (χ3v) is 5.47. The van der Waals surface area contributed by atoms with E-state index in [1.54, 1.807) is 38.1 Å². The third kappa shape index (κ3) is 6.42. The standard InChI is InChI=1S/C22H28N2O4S/c1-4-5-12-24(21(26)18-7-6-13-29-18)14-16-8-10-17(11-9-16)20(25)23-19(15(2)3)22(27)28/h6-11,13,15,19H,4-5,12,14H2,1-3H3,(H,23,25)(H,27,28)/t19-/m0/s1. The molecule has 0 fully saturated rings. The normalized spacial score (nSPS) is 11.9. The lowest BCUT2D eigenvalue weighted by molar-refractivity contribution is -0.140. The second-order valence-electron chi connectivity index (χ2n) is 7.29. The zero-order valence-electron chi connectivity index (χ0n) is 17.1. The van der Waals surface area contributed by atoms with E-state index in [-0.39, 0.29) is 11.8 Å². The van der Waals surface area contributed by atoms with Gasteiger partial charge in [-0.2, -0.15) is 0 Å². The van der Waals surface area contributed by atoms with Crippen LogP contribution in [0.1, 0.15) is 59.2 Å². The lowest BCUT2D eigenvalue weighted by atomic mass is 10.0. The summed E-state index contributed by atoms with van der Waals surface area (Å²) in [6.07, 6.45) is 1.91. The van der Waals surface area contributed by atoms with Crippen molar-refractivity contribution in [2.75, 3.05) is 6.54 Å². The van der Waals surface area contributed by atoms with E-state index < -0.39 is 17.9 Å². The van der Waals surface area contributed by atoms with Gasteiger partial charge in [0.1, 0.15) is 6.04 Å². The van der Waals surface area contributed by atoms with E-state index in [4.69, 9.17) is 0 Å². The first-order valence-electron chi connectivity index (χ1n) is 9.78. The number of carbonyl (C=O) groups excluding carboxylic acids is 2. The summed E-state index contributed by atoms with van der Waals surface area (Å²) in [4.78, 5) is 38.9. The minimum Gasteiger partial charge on any atom is -0.480 e. The number of nitrogens with zero attached hydrogens (tertiary/aromatic N) is 1. The van der Waals surface area contributed by atoms with Crippen molar-refractivity contribution in [1.82, 2.24) is 10.2 Å². The maximum Gasteiger partial charge on any atom is 0.326 e. The van der Waals surface area contributed by atoms with Crippen molar-refractivity contribution in [3.8, 4) is 0 Å². The summed E-state index contributed by atoms with van der Waals surface area (Å²) in [6.45, 7) is 6.71. The number of carboxylic acid groups (broad SMARTS) is 1. The van der Waals surface area contributed by atoms with Gasteiger partial charge in [-0.1, -0.05) is 45.4 Å². The summed E-state index contributed by atoms with van der Waals surface area (Å²) in [6, 6.07) is 9.70. The summed E-state index contributed by atoms with van der Waals surface area (Å²) < 4.78 is 0. The number of carbonyl (C=O) groups is 3. The quantitative estimate of drug-likeness (QED) is 0.612. The average molecular weight is 417 g/mol. The molecular weight excluding hydrogens is 388 g/mol. The molecule has 6 nitrogen and oxygen atoms in total. The first-order valence-corrected chi connectivity index (χ1v) is 10.7. The minimum atomic E-state index is -1.05. The molecule has 2 aromatic rings. The molecule has 0 unspecified atom stereocenters. The molecule has 156 valence electrons. The summed E-state index contributed by atoms with van der Waals surface area (Å²) in [5.74, 6) is -1.68. The molecule has 7 heteroatoms. The van der Waals surface area contributed by atoms with E-state index in [1.165, 1.54) is 11.3 Å². The van der Waals surface area contributed by atoms with Gasteiger partial charge in [-0.05, 0) is 41.5 Å². The van der Waals surface area contributed by atoms with Gasteiger partial charge in [-0.25, -0.2) is 4.79 Å². The largest absolute Gasteiger partial charge is 0.480 e. The fourth-order valence-electron chi connectivity index (χ4n) is 2.88. The van der Waals surface area contributed by atoms with E-state index in [9.17, 15) is 19.5 Å². The van der Waals surface area contributed by atoms with E-state index in [0.717, 1.165) is 18.4 Å². The Morgan fingerprint density at radius 1 is 1.14 bits per heavy atom. The van der Waals surface area contributed by atoms with Crippen molar-refractivity contribution in [3.05, 3.63) is 57.8 Å². The van der Waals surface area contributed by atoms with Crippen LogP contribution in [-0.4, -0.2) is 40.4 Å². The minimum absolute atomic E-state index is 0.0107. The molecule has 1 aromatic carbocycles. The second-order valence-corrected chi connectivity index (χ2v) is 8.24. The average Bonchev–Trinajstić information content (AvgIpc) is 3.23. The van der Waals surface area contributed by atoms with Crippen LogP contribution in [0.3, 0.4) is 0 Å². The highest BCUT2D eigenvalue weighted by Gasteiger charge is 2.24. The zero-order valence-corrected chi connectivity index (χ0v) is 17.9. The van der Waals surface area contributed by atoms with Crippen LogP contribution in [0.4, 0.5) is 0 Å². The van der Waals surface area contributed by atoms with Gasteiger partial charge < -0.3 is 15.3 Å². The highest BCUT2D eigenvalue weighted by Crippen LogP contribution is 2.16. The summed E-state index contributed by atoms with van der Waals surface area (Å²) >= 11 is 1.43. The molecule has 0 aliphatic carbocycles. The Kier molecular flexibility index (Phi) is 8.39. The number of hydrogen-bond donors (Lipinski definition) is 2. The van der Waals surface area contributed by atoms with Crippen molar-refractivity contribution in [1.29, 1.82) is 0 Å². The first kappa shape index (κ1) is 22.6. The fraction of sp³-hybridized carbons (Fsp3) is 0.409. The SMILES string of the molecule is CCCCN(Cc1ccc(C(=O)N[C@H](C(=O)O)C(C)C)cc1)C(=O)c1cccs1. The lowest BCUT2D eigenvalue weighted by Crippen LogP contribution is -2.44. The second kappa shape index (κ2) is 10.8. The summed E-state index contributed by atoms with van der Waals surface area (Å²) in [7, 11) is 0. The molecule has 0 aliphatic rings. The van der Waals surface area contributed by atoms with Gasteiger partial charge in [0.15, 0.2) is 0 Å². The monoisotopic (exact) mass is 416 g/mol. The molecule has 0 bridgehead atoms. The van der Waals surface area contributed by atoms with Gasteiger partial charge >= 0.3 is 5.97 Å². The van der Waals surface area contributed by atoms with Gasteiger partial charge in [0, 0.05) is 18.7 Å². The number of nitrogens with one attached hydrogen (secondary N) is 1. The van der Waals surface area contributed by atoms with Gasteiger partial charge in [-0.15, -0.1) is 11.3 Å². The Balaban J connectivity index is 2.08. The predicted molar refractivity (Wildman–Crippen MR) is 114 cm³/mol. The Labute approximate surface area is 175 Å². The van der Waals surface area contributed by atoms with Crippen LogP contribution in [0, 0.1) is 5.92 Å². The Morgan fingerprint density at radius 2 is 1.83 bits per heavy atom. The van der Waals surface area contributed by atoms with Crippen molar-refractivity contribution in [2.45, 2.75) is 46.2 Å². The van der Waals surface area contributed by atoms with Crippen molar-refractivity contribution < 1.29 is 19.5 Å². The van der Waals surface area contributed by atoms with Crippen LogP contribution in [0.15, 0.2) is 41.8 Å². The smallest absolute Gasteiger partial charge is 0.326 e. The van der Waals surface area contributed by atoms with Gasteiger partial charge in [0.25, 0.3) is 11.8 Å².